The van der Waals surface area contributed by atoms with Crippen molar-refractivity contribution < 1.29 is 14.7 Å². The van der Waals surface area contributed by atoms with Crippen LogP contribution in [0.15, 0.2) is 30.3 Å². The third-order valence-corrected chi connectivity index (χ3v) is 3.96. The molecule has 1 aromatic rings. The van der Waals surface area contributed by atoms with E-state index in [0.29, 0.717) is 19.1 Å². The standard InChI is InChI=1S/C16H23NO3/c18-16(19)15(10-13-6-4-5-7-13)11-17-20-12-14-8-2-1-3-9-14/h1-3,8-9,13,15,17H,4-7,10-12H2,(H,18,19)/t15-/m0/s1. The fourth-order valence-corrected chi connectivity index (χ4v) is 2.79. The molecule has 4 heteroatoms. The molecule has 2 rings (SSSR count). The fourth-order valence-electron chi connectivity index (χ4n) is 2.79. The summed E-state index contributed by atoms with van der Waals surface area (Å²) < 4.78 is 0. The van der Waals surface area contributed by atoms with Gasteiger partial charge < -0.3 is 5.11 Å². The maximum Gasteiger partial charge on any atom is 0.307 e. The number of hydrogen-bond acceptors (Lipinski definition) is 3. The number of hydrogen-bond donors (Lipinski definition) is 2. The zero-order valence-electron chi connectivity index (χ0n) is 11.8. The third-order valence-electron chi connectivity index (χ3n) is 3.96. The van der Waals surface area contributed by atoms with Crippen molar-refractivity contribution in [2.45, 2.75) is 38.7 Å². The summed E-state index contributed by atoms with van der Waals surface area (Å²) >= 11 is 0. The lowest BCUT2D eigenvalue weighted by molar-refractivity contribution is -0.143. The van der Waals surface area contributed by atoms with E-state index < -0.39 is 5.97 Å². The molecule has 0 radical (unpaired) electrons. The maximum absolute atomic E-state index is 11.3. The molecule has 1 fully saturated rings. The highest BCUT2D eigenvalue weighted by Crippen LogP contribution is 2.30. The molecule has 1 aromatic carbocycles. The highest BCUT2D eigenvalue weighted by molar-refractivity contribution is 5.70. The summed E-state index contributed by atoms with van der Waals surface area (Å²) in [5.74, 6) is -0.506. The molecule has 0 unspecified atom stereocenters. The zero-order valence-corrected chi connectivity index (χ0v) is 11.8. The first-order valence-corrected chi connectivity index (χ1v) is 7.37. The van der Waals surface area contributed by atoms with Gasteiger partial charge in [0.05, 0.1) is 12.5 Å². The number of benzene rings is 1. The molecular weight excluding hydrogens is 254 g/mol. The summed E-state index contributed by atoms with van der Waals surface area (Å²) in [7, 11) is 0. The molecule has 1 aliphatic carbocycles. The molecule has 0 saturated heterocycles. The van der Waals surface area contributed by atoms with E-state index in [0.717, 1.165) is 12.0 Å². The molecular formula is C16H23NO3. The van der Waals surface area contributed by atoms with E-state index in [-0.39, 0.29) is 5.92 Å². The van der Waals surface area contributed by atoms with Crippen LogP contribution in [0.1, 0.15) is 37.7 Å². The van der Waals surface area contributed by atoms with Crippen LogP contribution in [0.3, 0.4) is 0 Å². The largest absolute Gasteiger partial charge is 0.481 e. The molecule has 4 nitrogen and oxygen atoms in total. The van der Waals surface area contributed by atoms with Crippen LogP contribution in [0.4, 0.5) is 0 Å². The SMILES string of the molecule is O=C(O)[C@H](CNOCc1ccccc1)CC1CCCC1. The van der Waals surface area contributed by atoms with Crippen molar-refractivity contribution in [3.63, 3.8) is 0 Å². The van der Waals surface area contributed by atoms with Gasteiger partial charge in [-0.25, -0.2) is 5.48 Å². The van der Waals surface area contributed by atoms with Crippen molar-refractivity contribution in [1.82, 2.24) is 5.48 Å². The van der Waals surface area contributed by atoms with E-state index in [9.17, 15) is 9.90 Å². The van der Waals surface area contributed by atoms with Gasteiger partial charge in [-0.3, -0.25) is 9.63 Å². The predicted octanol–water partition coefficient (Wildman–Crippen LogP) is 2.99. The van der Waals surface area contributed by atoms with Crippen molar-refractivity contribution in [3.05, 3.63) is 35.9 Å². The molecule has 0 amide bonds. The Morgan fingerprint density at radius 1 is 1.30 bits per heavy atom. The molecule has 20 heavy (non-hydrogen) atoms. The number of carbonyl (C=O) groups is 1. The van der Waals surface area contributed by atoms with E-state index in [1.807, 2.05) is 30.3 Å². The van der Waals surface area contributed by atoms with E-state index in [1.165, 1.54) is 25.7 Å². The second-order valence-corrected chi connectivity index (χ2v) is 5.54. The molecule has 110 valence electrons. The van der Waals surface area contributed by atoms with E-state index >= 15 is 0 Å². The first-order chi connectivity index (χ1) is 9.75. The molecule has 0 aromatic heterocycles. The Morgan fingerprint density at radius 3 is 2.65 bits per heavy atom. The van der Waals surface area contributed by atoms with Gasteiger partial charge in [0.2, 0.25) is 0 Å². The van der Waals surface area contributed by atoms with Crippen LogP contribution < -0.4 is 5.48 Å². The Bertz CT molecular complexity index is 401. The number of carboxylic acid groups (broad SMARTS) is 1. The average Bonchev–Trinajstić information content (AvgIpc) is 2.96. The predicted molar refractivity (Wildman–Crippen MR) is 76.9 cm³/mol. The minimum absolute atomic E-state index is 0.353. The average molecular weight is 277 g/mol. The number of carboxylic acids is 1. The third kappa shape index (κ3) is 4.94. The van der Waals surface area contributed by atoms with Crippen molar-refractivity contribution in [1.29, 1.82) is 0 Å². The van der Waals surface area contributed by atoms with Gasteiger partial charge in [-0.1, -0.05) is 56.0 Å². The van der Waals surface area contributed by atoms with Gasteiger partial charge in [0.15, 0.2) is 0 Å². The van der Waals surface area contributed by atoms with Crippen molar-refractivity contribution in [3.8, 4) is 0 Å². The number of aliphatic carboxylic acids is 1. The van der Waals surface area contributed by atoms with Gasteiger partial charge in [-0.15, -0.1) is 0 Å². The summed E-state index contributed by atoms with van der Waals surface area (Å²) in [5, 5.41) is 9.25. The quantitative estimate of drug-likeness (QED) is 0.566. The second kappa shape index (κ2) is 8.02. The van der Waals surface area contributed by atoms with Crippen LogP contribution in [0.5, 0.6) is 0 Å². The highest BCUT2D eigenvalue weighted by atomic mass is 16.6. The molecule has 1 atom stereocenters. The zero-order chi connectivity index (χ0) is 14.2. The van der Waals surface area contributed by atoms with Gasteiger partial charge >= 0.3 is 5.97 Å². The van der Waals surface area contributed by atoms with Gasteiger partial charge in [-0.2, -0.15) is 0 Å². The molecule has 2 N–H and O–H groups in total. The summed E-state index contributed by atoms with van der Waals surface area (Å²) in [6.07, 6.45) is 5.60. The monoisotopic (exact) mass is 277 g/mol. The molecule has 1 saturated carbocycles. The van der Waals surface area contributed by atoms with Crippen LogP contribution in [0.25, 0.3) is 0 Å². The van der Waals surface area contributed by atoms with E-state index in [4.69, 9.17) is 4.84 Å². The Balaban J connectivity index is 1.68. The summed E-state index contributed by atoms with van der Waals surface area (Å²) in [5.41, 5.74) is 3.88. The van der Waals surface area contributed by atoms with Crippen molar-refractivity contribution >= 4 is 5.97 Å². The minimum atomic E-state index is -0.729. The number of nitrogens with one attached hydrogen (secondary N) is 1. The Labute approximate surface area is 120 Å². The van der Waals surface area contributed by atoms with Gasteiger partial charge in [-0.05, 0) is 17.9 Å². The number of rotatable bonds is 8. The smallest absolute Gasteiger partial charge is 0.307 e. The molecule has 0 spiro atoms. The maximum atomic E-state index is 11.3. The van der Waals surface area contributed by atoms with Gasteiger partial charge in [0.25, 0.3) is 0 Å². The lowest BCUT2D eigenvalue weighted by Crippen LogP contribution is -2.30. The Morgan fingerprint density at radius 2 is 2.00 bits per heavy atom. The van der Waals surface area contributed by atoms with E-state index in [2.05, 4.69) is 5.48 Å². The summed E-state index contributed by atoms with van der Waals surface area (Å²) in [6, 6.07) is 9.83. The molecule has 0 heterocycles. The molecule has 0 aliphatic heterocycles. The van der Waals surface area contributed by atoms with Crippen LogP contribution in [0.2, 0.25) is 0 Å². The van der Waals surface area contributed by atoms with Crippen LogP contribution in [0, 0.1) is 11.8 Å². The Kier molecular flexibility index (Phi) is 6.02. The normalized spacial score (nSPS) is 17.2. The minimum Gasteiger partial charge on any atom is -0.481 e. The van der Waals surface area contributed by atoms with Gasteiger partial charge in [0.1, 0.15) is 0 Å². The lowest BCUT2D eigenvalue weighted by Gasteiger charge is -2.17. The summed E-state index contributed by atoms with van der Waals surface area (Å²) in [6.45, 7) is 0.829. The van der Waals surface area contributed by atoms with Crippen LogP contribution >= 0.6 is 0 Å². The summed E-state index contributed by atoms with van der Waals surface area (Å²) in [4.78, 5) is 16.6. The van der Waals surface area contributed by atoms with E-state index in [1.54, 1.807) is 0 Å². The van der Waals surface area contributed by atoms with Crippen LogP contribution in [-0.2, 0) is 16.2 Å². The fraction of sp³-hybridized carbons (Fsp3) is 0.562. The first kappa shape index (κ1) is 15.0. The van der Waals surface area contributed by atoms with Crippen molar-refractivity contribution in [2.24, 2.45) is 11.8 Å². The van der Waals surface area contributed by atoms with Crippen LogP contribution in [-0.4, -0.2) is 17.6 Å². The first-order valence-electron chi connectivity index (χ1n) is 7.37. The number of hydroxylamine groups is 1. The lowest BCUT2D eigenvalue weighted by atomic mass is 9.93. The second-order valence-electron chi connectivity index (χ2n) is 5.54. The topological polar surface area (TPSA) is 58.6 Å². The van der Waals surface area contributed by atoms with Crippen molar-refractivity contribution in [2.75, 3.05) is 6.54 Å². The highest BCUT2D eigenvalue weighted by Gasteiger charge is 2.24. The Hall–Kier alpha value is -1.39. The molecule has 1 aliphatic rings. The molecule has 0 bridgehead atoms. The van der Waals surface area contributed by atoms with Gasteiger partial charge in [0, 0.05) is 6.54 Å².